The second-order valence-corrected chi connectivity index (χ2v) is 9.50. The number of fused-ring (bicyclic) bond motifs is 1. The fourth-order valence-electron chi connectivity index (χ4n) is 3.22. The third kappa shape index (κ3) is 3.14. The fraction of sp³-hybridized carbons (Fsp3) is 0.444. The number of hydrogen-bond acceptors (Lipinski definition) is 4. The van der Waals surface area contributed by atoms with E-state index in [9.17, 15) is 18.3 Å². The standard InChI is InChI=1S/C18H23N3O4S/c1-18(2,3)12-5-7-13(8-6-12)26(24,25)21-10-9-15-14(11-21)16(17(22)23)19-20(15)4/h5-8H,9-11H2,1-4H3,(H,22,23). The van der Waals surface area contributed by atoms with Gasteiger partial charge in [-0.1, -0.05) is 32.9 Å². The van der Waals surface area contributed by atoms with E-state index in [0.29, 0.717) is 18.5 Å². The molecule has 26 heavy (non-hydrogen) atoms. The highest BCUT2D eigenvalue weighted by Crippen LogP contribution is 2.28. The Morgan fingerprint density at radius 1 is 1.19 bits per heavy atom. The summed E-state index contributed by atoms with van der Waals surface area (Å²) in [5, 5.41) is 13.3. The molecule has 0 aliphatic carbocycles. The van der Waals surface area contributed by atoms with Gasteiger partial charge < -0.3 is 5.11 Å². The first kappa shape index (κ1) is 18.6. The van der Waals surface area contributed by atoms with Crippen LogP contribution >= 0.6 is 0 Å². The second kappa shape index (κ2) is 6.21. The molecule has 0 saturated heterocycles. The van der Waals surface area contributed by atoms with Crippen LogP contribution in [0.2, 0.25) is 0 Å². The zero-order valence-corrected chi connectivity index (χ0v) is 16.2. The van der Waals surface area contributed by atoms with Crippen molar-refractivity contribution in [1.82, 2.24) is 14.1 Å². The molecule has 0 amide bonds. The molecule has 2 aromatic rings. The Morgan fingerprint density at radius 2 is 1.81 bits per heavy atom. The average Bonchev–Trinajstić information content (AvgIpc) is 2.91. The van der Waals surface area contributed by atoms with Gasteiger partial charge in [0, 0.05) is 37.8 Å². The monoisotopic (exact) mass is 377 g/mol. The normalized spacial score (nSPS) is 15.7. The molecule has 2 heterocycles. The van der Waals surface area contributed by atoms with E-state index < -0.39 is 16.0 Å². The van der Waals surface area contributed by atoms with Gasteiger partial charge in [-0.15, -0.1) is 0 Å². The maximum Gasteiger partial charge on any atom is 0.356 e. The van der Waals surface area contributed by atoms with Crippen LogP contribution in [-0.2, 0) is 35.5 Å². The first-order chi connectivity index (χ1) is 12.0. The maximum atomic E-state index is 13.0. The molecule has 0 bridgehead atoms. The van der Waals surface area contributed by atoms with Gasteiger partial charge in [0.05, 0.1) is 4.90 Å². The van der Waals surface area contributed by atoms with Crippen LogP contribution < -0.4 is 0 Å². The highest BCUT2D eigenvalue weighted by Gasteiger charge is 2.33. The first-order valence-corrected chi connectivity index (χ1v) is 9.84. The van der Waals surface area contributed by atoms with Crippen molar-refractivity contribution in [3.05, 3.63) is 46.8 Å². The molecule has 8 heteroatoms. The van der Waals surface area contributed by atoms with Crippen molar-refractivity contribution in [2.24, 2.45) is 7.05 Å². The molecule has 1 aromatic heterocycles. The van der Waals surface area contributed by atoms with Crippen molar-refractivity contribution in [1.29, 1.82) is 0 Å². The van der Waals surface area contributed by atoms with Gasteiger partial charge in [-0.3, -0.25) is 4.68 Å². The lowest BCUT2D eigenvalue weighted by Gasteiger charge is -2.27. The van der Waals surface area contributed by atoms with Gasteiger partial charge in [-0.05, 0) is 23.1 Å². The molecule has 1 N–H and O–H groups in total. The number of sulfonamides is 1. The number of carbonyl (C=O) groups is 1. The van der Waals surface area contributed by atoms with E-state index in [1.54, 1.807) is 19.2 Å². The van der Waals surface area contributed by atoms with Gasteiger partial charge in [0.25, 0.3) is 0 Å². The Morgan fingerprint density at radius 3 is 2.35 bits per heavy atom. The van der Waals surface area contributed by atoms with Gasteiger partial charge in [0.1, 0.15) is 0 Å². The zero-order chi connectivity index (χ0) is 19.3. The first-order valence-electron chi connectivity index (χ1n) is 8.40. The van der Waals surface area contributed by atoms with Gasteiger partial charge in [0.2, 0.25) is 10.0 Å². The zero-order valence-electron chi connectivity index (χ0n) is 15.4. The number of aryl methyl sites for hydroxylation is 1. The van der Waals surface area contributed by atoms with E-state index in [0.717, 1.165) is 11.3 Å². The Bertz CT molecular complexity index is 954. The van der Waals surface area contributed by atoms with Crippen LogP contribution in [0.4, 0.5) is 0 Å². The van der Waals surface area contributed by atoms with Crippen LogP contribution in [-0.4, -0.2) is 40.1 Å². The van der Waals surface area contributed by atoms with Crippen molar-refractivity contribution in [2.45, 2.75) is 44.0 Å². The molecule has 0 radical (unpaired) electrons. The SMILES string of the molecule is Cn1nc(C(=O)O)c2c1CCN(S(=O)(=O)c1ccc(C(C)(C)C)cc1)C2. The van der Waals surface area contributed by atoms with Crippen LogP contribution in [0, 0.1) is 0 Å². The largest absolute Gasteiger partial charge is 0.476 e. The summed E-state index contributed by atoms with van der Waals surface area (Å²) in [6.45, 7) is 6.53. The smallest absolute Gasteiger partial charge is 0.356 e. The number of hydrogen-bond donors (Lipinski definition) is 1. The number of carboxylic acids is 1. The third-order valence-electron chi connectivity index (χ3n) is 4.77. The summed E-state index contributed by atoms with van der Waals surface area (Å²) in [5.41, 5.74) is 2.16. The van der Waals surface area contributed by atoms with Gasteiger partial charge in [-0.2, -0.15) is 9.40 Å². The minimum atomic E-state index is -3.70. The number of aromatic carboxylic acids is 1. The molecule has 0 fully saturated rings. The average molecular weight is 377 g/mol. The maximum absolute atomic E-state index is 13.0. The predicted octanol–water partition coefficient (Wildman–Crippen LogP) is 2.16. The summed E-state index contributed by atoms with van der Waals surface area (Å²) in [6.07, 6.45) is 0.436. The number of aromatic nitrogens is 2. The molecular weight excluding hydrogens is 354 g/mol. The molecule has 1 aromatic carbocycles. The highest BCUT2D eigenvalue weighted by molar-refractivity contribution is 7.89. The van der Waals surface area contributed by atoms with Gasteiger partial charge >= 0.3 is 5.97 Å². The minimum absolute atomic E-state index is 0.0220. The Balaban J connectivity index is 1.93. The molecule has 1 aliphatic heterocycles. The van der Waals surface area contributed by atoms with Crippen LogP contribution in [0.1, 0.15) is 48.1 Å². The van der Waals surface area contributed by atoms with Crippen LogP contribution in [0.5, 0.6) is 0 Å². The van der Waals surface area contributed by atoms with Gasteiger partial charge in [-0.25, -0.2) is 13.2 Å². The van der Waals surface area contributed by atoms with E-state index >= 15 is 0 Å². The summed E-state index contributed by atoms with van der Waals surface area (Å²) >= 11 is 0. The number of rotatable bonds is 3. The topological polar surface area (TPSA) is 92.5 Å². The lowest BCUT2D eigenvalue weighted by atomic mass is 9.87. The van der Waals surface area contributed by atoms with E-state index in [-0.39, 0.29) is 22.5 Å². The Labute approximate surface area is 153 Å². The van der Waals surface area contributed by atoms with Crippen molar-refractivity contribution in [2.75, 3.05) is 6.54 Å². The van der Waals surface area contributed by atoms with Crippen molar-refractivity contribution in [3.63, 3.8) is 0 Å². The van der Waals surface area contributed by atoms with E-state index in [1.807, 2.05) is 12.1 Å². The molecule has 0 spiro atoms. The highest BCUT2D eigenvalue weighted by atomic mass is 32.2. The van der Waals surface area contributed by atoms with Gasteiger partial charge in [0.15, 0.2) is 5.69 Å². The molecule has 3 rings (SSSR count). The summed E-state index contributed by atoms with van der Waals surface area (Å²) in [7, 11) is -2.02. The Hall–Kier alpha value is -2.19. The predicted molar refractivity (Wildman–Crippen MR) is 96.6 cm³/mol. The van der Waals surface area contributed by atoms with E-state index in [4.69, 9.17) is 0 Å². The molecule has 0 unspecified atom stereocenters. The number of benzene rings is 1. The summed E-state index contributed by atoms with van der Waals surface area (Å²) in [4.78, 5) is 11.6. The van der Waals surface area contributed by atoms with Crippen LogP contribution in [0.15, 0.2) is 29.2 Å². The quantitative estimate of drug-likeness (QED) is 0.885. The molecule has 0 atom stereocenters. The molecule has 140 valence electrons. The Kier molecular flexibility index (Phi) is 4.44. The molecule has 1 aliphatic rings. The van der Waals surface area contributed by atoms with E-state index in [2.05, 4.69) is 25.9 Å². The molecule has 7 nitrogen and oxygen atoms in total. The van der Waals surface area contributed by atoms with Crippen molar-refractivity contribution >= 4 is 16.0 Å². The van der Waals surface area contributed by atoms with Crippen LogP contribution in [0.25, 0.3) is 0 Å². The number of carboxylic acid groups (broad SMARTS) is 1. The van der Waals surface area contributed by atoms with Crippen LogP contribution in [0.3, 0.4) is 0 Å². The fourth-order valence-corrected chi connectivity index (χ4v) is 4.63. The lowest BCUT2D eigenvalue weighted by Crippen LogP contribution is -2.36. The third-order valence-corrected chi connectivity index (χ3v) is 6.63. The number of nitrogens with zero attached hydrogens (tertiary/aromatic N) is 3. The molecule has 0 saturated carbocycles. The van der Waals surface area contributed by atoms with E-state index in [1.165, 1.54) is 8.99 Å². The minimum Gasteiger partial charge on any atom is -0.476 e. The van der Waals surface area contributed by atoms with Crippen molar-refractivity contribution < 1.29 is 18.3 Å². The second-order valence-electron chi connectivity index (χ2n) is 7.57. The summed E-state index contributed by atoms with van der Waals surface area (Å²) in [5.74, 6) is -1.14. The molecular formula is C18H23N3O4S. The summed E-state index contributed by atoms with van der Waals surface area (Å²) < 4.78 is 28.9. The summed E-state index contributed by atoms with van der Waals surface area (Å²) in [6, 6.07) is 6.89. The lowest BCUT2D eigenvalue weighted by molar-refractivity contribution is 0.0687. The van der Waals surface area contributed by atoms with Crippen molar-refractivity contribution in [3.8, 4) is 0 Å².